The molecule has 0 bridgehead atoms. The van der Waals surface area contributed by atoms with Crippen molar-refractivity contribution in [3.8, 4) is 0 Å². The van der Waals surface area contributed by atoms with E-state index < -0.39 is 0 Å². The topological polar surface area (TPSA) is 123 Å². The number of hydrogen-bond donors (Lipinski definition) is 3. The Morgan fingerprint density at radius 2 is 2.08 bits per heavy atom. The minimum atomic E-state index is -0.259. The molecule has 26 heavy (non-hydrogen) atoms. The highest BCUT2D eigenvalue weighted by Gasteiger charge is 2.28. The third-order valence-corrected chi connectivity index (χ3v) is 4.10. The average molecular weight is 357 g/mol. The standard InChI is InChI=1S/C18H23N5O3/c19-10-11-20-18(25)13-4-1-2-5-14(13)21-15(24)6-3-7-16-22-17(23-26-16)12-8-9-12/h1-2,4-5,12H,3,6-11,19H2,(H,20,25)(H,21,24). The van der Waals surface area contributed by atoms with Crippen LogP contribution >= 0.6 is 0 Å². The lowest BCUT2D eigenvalue weighted by molar-refractivity contribution is -0.116. The van der Waals surface area contributed by atoms with Crippen LogP contribution in [0.3, 0.4) is 0 Å². The lowest BCUT2D eigenvalue weighted by Gasteiger charge is -2.11. The van der Waals surface area contributed by atoms with Gasteiger partial charge in [-0.15, -0.1) is 0 Å². The second kappa shape index (κ2) is 8.57. The summed E-state index contributed by atoms with van der Waals surface area (Å²) in [6.07, 6.45) is 3.71. The van der Waals surface area contributed by atoms with Crippen LogP contribution in [0.5, 0.6) is 0 Å². The second-order valence-corrected chi connectivity index (χ2v) is 6.31. The summed E-state index contributed by atoms with van der Waals surface area (Å²) < 4.78 is 5.20. The van der Waals surface area contributed by atoms with E-state index in [1.54, 1.807) is 24.3 Å². The van der Waals surface area contributed by atoms with Crippen LogP contribution in [0.4, 0.5) is 5.69 Å². The Hall–Kier alpha value is -2.74. The minimum absolute atomic E-state index is 0.161. The van der Waals surface area contributed by atoms with Gasteiger partial charge in [0.05, 0.1) is 11.3 Å². The highest BCUT2D eigenvalue weighted by atomic mass is 16.5. The number of amides is 2. The predicted molar refractivity (Wildman–Crippen MR) is 95.7 cm³/mol. The van der Waals surface area contributed by atoms with Gasteiger partial charge in [-0.2, -0.15) is 4.98 Å². The number of hydrogen-bond acceptors (Lipinski definition) is 6. The van der Waals surface area contributed by atoms with Gasteiger partial charge in [0.2, 0.25) is 11.8 Å². The predicted octanol–water partition coefficient (Wildman–Crippen LogP) is 1.60. The summed E-state index contributed by atoms with van der Waals surface area (Å²) >= 11 is 0. The Morgan fingerprint density at radius 3 is 2.85 bits per heavy atom. The third kappa shape index (κ3) is 4.89. The van der Waals surface area contributed by atoms with Gasteiger partial charge in [-0.1, -0.05) is 17.3 Å². The van der Waals surface area contributed by atoms with Crippen LogP contribution in [0.2, 0.25) is 0 Å². The van der Waals surface area contributed by atoms with Crippen LogP contribution in [0.15, 0.2) is 28.8 Å². The molecule has 0 aliphatic heterocycles. The van der Waals surface area contributed by atoms with E-state index in [0.717, 1.165) is 18.7 Å². The van der Waals surface area contributed by atoms with Crippen molar-refractivity contribution < 1.29 is 14.1 Å². The number of aryl methyl sites for hydroxylation is 1. The van der Waals surface area contributed by atoms with Crippen LogP contribution < -0.4 is 16.4 Å². The lowest BCUT2D eigenvalue weighted by atomic mass is 10.1. The van der Waals surface area contributed by atoms with Crippen molar-refractivity contribution in [2.75, 3.05) is 18.4 Å². The molecule has 138 valence electrons. The fourth-order valence-electron chi connectivity index (χ4n) is 2.56. The van der Waals surface area contributed by atoms with E-state index in [2.05, 4.69) is 20.8 Å². The molecule has 1 aliphatic rings. The quantitative estimate of drug-likeness (QED) is 0.626. The molecule has 8 heteroatoms. The summed E-state index contributed by atoms with van der Waals surface area (Å²) in [6.45, 7) is 0.743. The van der Waals surface area contributed by atoms with Crippen LogP contribution in [0.25, 0.3) is 0 Å². The highest BCUT2D eigenvalue weighted by molar-refractivity contribution is 6.03. The van der Waals surface area contributed by atoms with Gasteiger partial charge in [-0.05, 0) is 31.4 Å². The normalized spacial score (nSPS) is 13.4. The summed E-state index contributed by atoms with van der Waals surface area (Å²) in [5.41, 5.74) is 6.30. The van der Waals surface area contributed by atoms with Gasteiger partial charge in [0.15, 0.2) is 5.82 Å². The molecule has 2 aromatic rings. The Morgan fingerprint density at radius 1 is 1.27 bits per heavy atom. The van der Waals surface area contributed by atoms with E-state index in [-0.39, 0.29) is 11.8 Å². The van der Waals surface area contributed by atoms with Crippen LogP contribution in [0, 0.1) is 0 Å². The number of carbonyl (C=O) groups excluding carboxylic acids is 2. The van der Waals surface area contributed by atoms with Crippen molar-refractivity contribution in [1.29, 1.82) is 0 Å². The lowest BCUT2D eigenvalue weighted by Crippen LogP contribution is -2.29. The molecule has 1 fully saturated rings. The van der Waals surface area contributed by atoms with Crippen molar-refractivity contribution in [2.24, 2.45) is 5.73 Å². The molecule has 1 aromatic heterocycles. The van der Waals surface area contributed by atoms with Gasteiger partial charge in [-0.25, -0.2) is 0 Å². The molecule has 0 saturated heterocycles. The summed E-state index contributed by atoms with van der Waals surface area (Å²) in [5, 5.41) is 9.45. The molecule has 0 atom stereocenters. The summed E-state index contributed by atoms with van der Waals surface area (Å²) in [7, 11) is 0. The molecule has 1 heterocycles. The number of carbonyl (C=O) groups is 2. The van der Waals surface area contributed by atoms with E-state index in [1.807, 2.05) is 0 Å². The molecule has 2 amide bonds. The van der Waals surface area contributed by atoms with Crippen molar-refractivity contribution in [1.82, 2.24) is 15.5 Å². The average Bonchev–Trinajstić information content (AvgIpc) is 3.39. The summed E-state index contributed by atoms with van der Waals surface area (Å²) in [5.74, 6) is 1.39. The van der Waals surface area contributed by atoms with Crippen LogP contribution in [-0.2, 0) is 11.2 Å². The van der Waals surface area contributed by atoms with Crippen molar-refractivity contribution in [3.63, 3.8) is 0 Å². The first-order valence-corrected chi connectivity index (χ1v) is 8.87. The largest absolute Gasteiger partial charge is 0.351 e. The monoisotopic (exact) mass is 357 g/mol. The molecule has 0 spiro atoms. The van der Waals surface area contributed by atoms with Gasteiger partial charge >= 0.3 is 0 Å². The van der Waals surface area contributed by atoms with Gasteiger partial charge in [-0.3, -0.25) is 9.59 Å². The van der Waals surface area contributed by atoms with E-state index in [4.69, 9.17) is 10.3 Å². The zero-order valence-electron chi connectivity index (χ0n) is 14.5. The Balaban J connectivity index is 1.48. The maximum absolute atomic E-state index is 12.2. The first kappa shape index (κ1) is 18.1. The Bertz CT molecular complexity index is 770. The number of nitrogens with one attached hydrogen (secondary N) is 2. The number of aromatic nitrogens is 2. The van der Waals surface area contributed by atoms with E-state index in [0.29, 0.717) is 55.4 Å². The number of nitrogens with zero attached hydrogens (tertiary/aromatic N) is 2. The fraction of sp³-hybridized carbons (Fsp3) is 0.444. The third-order valence-electron chi connectivity index (χ3n) is 4.10. The number of anilines is 1. The van der Waals surface area contributed by atoms with Gasteiger partial charge < -0.3 is 20.9 Å². The van der Waals surface area contributed by atoms with Gasteiger partial charge in [0.1, 0.15) is 0 Å². The second-order valence-electron chi connectivity index (χ2n) is 6.31. The molecule has 4 N–H and O–H groups in total. The number of para-hydroxylation sites is 1. The van der Waals surface area contributed by atoms with Crippen molar-refractivity contribution in [3.05, 3.63) is 41.5 Å². The molecule has 8 nitrogen and oxygen atoms in total. The molecule has 0 radical (unpaired) electrons. The number of nitrogens with two attached hydrogens (primary N) is 1. The van der Waals surface area contributed by atoms with Gasteiger partial charge in [0.25, 0.3) is 5.91 Å². The highest BCUT2D eigenvalue weighted by Crippen LogP contribution is 2.38. The fourth-order valence-corrected chi connectivity index (χ4v) is 2.56. The molecule has 1 saturated carbocycles. The maximum Gasteiger partial charge on any atom is 0.253 e. The first-order valence-electron chi connectivity index (χ1n) is 8.87. The summed E-state index contributed by atoms with van der Waals surface area (Å²) in [6, 6.07) is 6.89. The zero-order valence-corrected chi connectivity index (χ0v) is 14.5. The molecular formula is C18H23N5O3. The Kier molecular flexibility index (Phi) is 5.96. The number of rotatable bonds is 9. The van der Waals surface area contributed by atoms with Crippen molar-refractivity contribution >= 4 is 17.5 Å². The zero-order chi connectivity index (χ0) is 18.4. The number of benzene rings is 1. The first-order chi connectivity index (χ1) is 12.7. The minimum Gasteiger partial charge on any atom is -0.351 e. The molecule has 0 unspecified atom stereocenters. The summed E-state index contributed by atoms with van der Waals surface area (Å²) in [4.78, 5) is 28.7. The smallest absolute Gasteiger partial charge is 0.253 e. The molecule has 3 rings (SSSR count). The van der Waals surface area contributed by atoms with Gasteiger partial charge in [0, 0.05) is 31.8 Å². The van der Waals surface area contributed by atoms with Crippen molar-refractivity contribution in [2.45, 2.75) is 38.0 Å². The SMILES string of the molecule is NCCNC(=O)c1ccccc1NC(=O)CCCc1nc(C2CC2)no1. The van der Waals surface area contributed by atoms with Crippen LogP contribution in [0.1, 0.15) is 53.7 Å². The molecule has 1 aromatic carbocycles. The van der Waals surface area contributed by atoms with E-state index >= 15 is 0 Å². The Labute approximate surface area is 151 Å². The molecule has 1 aliphatic carbocycles. The van der Waals surface area contributed by atoms with E-state index in [1.165, 1.54) is 0 Å². The van der Waals surface area contributed by atoms with E-state index in [9.17, 15) is 9.59 Å². The maximum atomic E-state index is 12.2. The molecular weight excluding hydrogens is 334 g/mol. The van der Waals surface area contributed by atoms with Crippen LogP contribution in [-0.4, -0.2) is 35.0 Å².